The summed E-state index contributed by atoms with van der Waals surface area (Å²) in [4.78, 5) is 11.1. The van der Waals surface area contributed by atoms with E-state index in [1.54, 1.807) is 18.2 Å². The Balaban J connectivity index is 2.69. The number of unbranched alkanes of at least 4 members (excludes halogenated alkanes) is 1. The third kappa shape index (κ3) is 3.27. The van der Waals surface area contributed by atoms with Crippen LogP contribution in [0.1, 0.15) is 37.0 Å². The van der Waals surface area contributed by atoms with Gasteiger partial charge in [-0.05, 0) is 25.5 Å². The Labute approximate surface area is 90.2 Å². The lowest BCUT2D eigenvalue weighted by molar-refractivity contribution is 0.101. The molecule has 0 saturated heterocycles. The molecule has 0 radical (unpaired) electrons. The zero-order valence-corrected chi connectivity index (χ0v) is 9.25. The van der Waals surface area contributed by atoms with Crippen LogP contribution in [0.5, 0.6) is 5.75 Å². The molecule has 1 aromatic rings. The van der Waals surface area contributed by atoms with Crippen LogP contribution < -0.4 is 10.5 Å². The zero-order chi connectivity index (χ0) is 11.3. The molecule has 0 unspecified atom stereocenters. The number of hydrogen-bond acceptors (Lipinski definition) is 3. The van der Waals surface area contributed by atoms with E-state index in [1.165, 1.54) is 6.92 Å². The van der Waals surface area contributed by atoms with Gasteiger partial charge in [0.25, 0.3) is 0 Å². The van der Waals surface area contributed by atoms with Gasteiger partial charge in [-0.2, -0.15) is 0 Å². The number of Topliss-reactive ketones (excluding diaryl/α,β-unsaturated/α-hetero) is 1. The molecule has 0 aliphatic heterocycles. The molecule has 0 aliphatic carbocycles. The maximum Gasteiger partial charge on any atom is 0.161 e. The fraction of sp³-hybridized carbons (Fsp3) is 0.417. The van der Waals surface area contributed by atoms with Gasteiger partial charge < -0.3 is 10.5 Å². The van der Waals surface area contributed by atoms with E-state index in [1.807, 2.05) is 0 Å². The molecule has 0 fully saturated rings. The molecule has 3 heteroatoms. The van der Waals surface area contributed by atoms with Crippen molar-refractivity contribution in [1.82, 2.24) is 0 Å². The Morgan fingerprint density at radius 2 is 2.20 bits per heavy atom. The van der Waals surface area contributed by atoms with Gasteiger partial charge in [-0.15, -0.1) is 0 Å². The maximum atomic E-state index is 11.1. The van der Waals surface area contributed by atoms with Crippen LogP contribution in [0.3, 0.4) is 0 Å². The van der Waals surface area contributed by atoms with E-state index in [-0.39, 0.29) is 5.78 Å². The Bertz CT molecular complexity index is 347. The van der Waals surface area contributed by atoms with Crippen LogP contribution in [0.15, 0.2) is 18.2 Å². The Kier molecular flexibility index (Phi) is 4.16. The zero-order valence-electron chi connectivity index (χ0n) is 9.25. The topological polar surface area (TPSA) is 52.3 Å². The molecule has 0 saturated carbocycles. The molecule has 0 heterocycles. The summed E-state index contributed by atoms with van der Waals surface area (Å²) in [6, 6.07) is 5.19. The number of anilines is 1. The van der Waals surface area contributed by atoms with E-state index in [9.17, 15) is 4.79 Å². The third-order valence-corrected chi connectivity index (χ3v) is 2.17. The van der Waals surface area contributed by atoms with Crippen LogP contribution in [0.2, 0.25) is 0 Å². The molecule has 82 valence electrons. The summed E-state index contributed by atoms with van der Waals surface area (Å²) >= 11 is 0. The summed E-state index contributed by atoms with van der Waals surface area (Å²) in [6.45, 7) is 4.30. The lowest BCUT2D eigenvalue weighted by atomic mass is 10.1. The van der Waals surface area contributed by atoms with Crippen LogP contribution in [0.4, 0.5) is 5.69 Å². The van der Waals surface area contributed by atoms with Crippen molar-refractivity contribution in [3.05, 3.63) is 23.8 Å². The van der Waals surface area contributed by atoms with Gasteiger partial charge in [0.15, 0.2) is 5.78 Å². The smallest absolute Gasteiger partial charge is 0.161 e. The fourth-order valence-electron chi connectivity index (χ4n) is 1.29. The second-order valence-corrected chi connectivity index (χ2v) is 3.51. The van der Waals surface area contributed by atoms with Crippen LogP contribution in [0.25, 0.3) is 0 Å². The number of rotatable bonds is 5. The van der Waals surface area contributed by atoms with Crippen molar-refractivity contribution in [3.63, 3.8) is 0 Å². The molecular formula is C12H17NO2. The van der Waals surface area contributed by atoms with Gasteiger partial charge in [-0.1, -0.05) is 13.3 Å². The molecule has 1 aromatic carbocycles. The number of nitrogen functional groups attached to an aromatic ring is 1. The normalized spacial score (nSPS) is 10.0. The predicted molar refractivity (Wildman–Crippen MR) is 61.3 cm³/mol. The molecule has 1 rings (SSSR count). The van der Waals surface area contributed by atoms with E-state index < -0.39 is 0 Å². The van der Waals surface area contributed by atoms with Crippen molar-refractivity contribution in [2.75, 3.05) is 12.3 Å². The highest BCUT2D eigenvalue weighted by Crippen LogP contribution is 2.20. The second kappa shape index (κ2) is 5.39. The minimum absolute atomic E-state index is 0.0207. The molecule has 15 heavy (non-hydrogen) atoms. The summed E-state index contributed by atoms with van der Waals surface area (Å²) in [6.07, 6.45) is 2.12. The quantitative estimate of drug-likeness (QED) is 0.459. The van der Waals surface area contributed by atoms with Gasteiger partial charge in [-0.25, -0.2) is 0 Å². The predicted octanol–water partition coefficient (Wildman–Crippen LogP) is 2.65. The molecule has 0 spiro atoms. The lowest BCUT2D eigenvalue weighted by Crippen LogP contribution is -2.01. The van der Waals surface area contributed by atoms with Gasteiger partial charge in [0, 0.05) is 17.3 Å². The van der Waals surface area contributed by atoms with Crippen molar-refractivity contribution < 1.29 is 9.53 Å². The molecule has 3 nitrogen and oxygen atoms in total. The third-order valence-electron chi connectivity index (χ3n) is 2.17. The summed E-state index contributed by atoms with van der Waals surface area (Å²) in [5.74, 6) is 0.707. The second-order valence-electron chi connectivity index (χ2n) is 3.51. The highest BCUT2D eigenvalue weighted by atomic mass is 16.5. The minimum atomic E-state index is -0.0207. The first-order valence-corrected chi connectivity index (χ1v) is 5.18. The van der Waals surface area contributed by atoms with E-state index in [0.717, 1.165) is 18.6 Å². The molecule has 0 aliphatic rings. The largest absolute Gasteiger partial charge is 0.494 e. The SMILES string of the molecule is CCCCOc1ccc(C(C)=O)c(N)c1. The monoisotopic (exact) mass is 207 g/mol. The van der Waals surface area contributed by atoms with Crippen LogP contribution in [-0.2, 0) is 0 Å². The maximum absolute atomic E-state index is 11.1. The van der Waals surface area contributed by atoms with Crippen LogP contribution in [0, 0.1) is 0 Å². The Morgan fingerprint density at radius 1 is 1.47 bits per heavy atom. The van der Waals surface area contributed by atoms with Gasteiger partial charge in [-0.3, -0.25) is 4.79 Å². The average molecular weight is 207 g/mol. The van der Waals surface area contributed by atoms with Gasteiger partial charge in [0.1, 0.15) is 5.75 Å². The van der Waals surface area contributed by atoms with Crippen molar-refractivity contribution in [1.29, 1.82) is 0 Å². The molecule has 0 aromatic heterocycles. The first-order valence-electron chi connectivity index (χ1n) is 5.18. The summed E-state index contributed by atoms with van der Waals surface area (Å²) < 4.78 is 5.47. The first kappa shape index (κ1) is 11.6. The number of carbonyl (C=O) groups is 1. The highest BCUT2D eigenvalue weighted by Gasteiger charge is 2.05. The van der Waals surface area contributed by atoms with E-state index in [0.29, 0.717) is 17.9 Å². The standard InChI is InChI=1S/C12H17NO2/c1-3-4-7-15-10-5-6-11(9(2)14)12(13)8-10/h5-6,8H,3-4,7,13H2,1-2H3. The first-order chi connectivity index (χ1) is 7.15. The summed E-state index contributed by atoms with van der Waals surface area (Å²) in [5.41, 5.74) is 6.76. The number of benzene rings is 1. The number of ketones is 1. The van der Waals surface area contributed by atoms with E-state index in [4.69, 9.17) is 10.5 Å². The fourth-order valence-corrected chi connectivity index (χ4v) is 1.29. The van der Waals surface area contributed by atoms with Gasteiger partial charge in [0.2, 0.25) is 0 Å². The number of nitrogens with two attached hydrogens (primary N) is 1. The molecular weight excluding hydrogens is 190 g/mol. The molecule has 0 bridgehead atoms. The van der Waals surface area contributed by atoms with Gasteiger partial charge >= 0.3 is 0 Å². The van der Waals surface area contributed by atoms with Gasteiger partial charge in [0.05, 0.1) is 6.61 Å². The number of carbonyl (C=O) groups excluding carboxylic acids is 1. The molecule has 2 N–H and O–H groups in total. The summed E-state index contributed by atoms with van der Waals surface area (Å²) in [7, 11) is 0. The van der Waals surface area contributed by atoms with Crippen molar-refractivity contribution >= 4 is 11.5 Å². The van der Waals surface area contributed by atoms with Crippen molar-refractivity contribution in [3.8, 4) is 5.75 Å². The van der Waals surface area contributed by atoms with Crippen molar-refractivity contribution in [2.45, 2.75) is 26.7 Å². The van der Waals surface area contributed by atoms with Crippen LogP contribution in [-0.4, -0.2) is 12.4 Å². The number of ether oxygens (including phenoxy) is 1. The molecule has 0 amide bonds. The minimum Gasteiger partial charge on any atom is -0.494 e. The van der Waals surface area contributed by atoms with E-state index in [2.05, 4.69) is 6.92 Å². The average Bonchev–Trinajstić information content (AvgIpc) is 2.17. The Morgan fingerprint density at radius 3 is 2.73 bits per heavy atom. The van der Waals surface area contributed by atoms with Crippen LogP contribution >= 0.6 is 0 Å². The number of hydrogen-bond donors (Lipinski definition) is 1. The Hall–Kier alpha value is -1.51. The lowest BCUT2D eigenvalue weighted by Gasteiger charge is -2.07. The van der Waals surface area contributed by atoms with E-state index >= 15 is 0 Å². The molecule has 0 atom stereocenters. The van der Waals surface area contributed by atoms with Crippen molar-refractivity contribution in [2.24, 2.45) is 0 Å². The summed E-state index contributed by atoms with van der Waals surface area (Å²) in [5, 5.41) is 0. The highest BCUT2D eigenvalue weighted by molar-refractivity contribution is 5.99.